The fourth-order valence-corrected chi connectivity index (χ4v) is 3.10. The van der Waals surface area contributed by atoms with Crippen molar-refractivity contribution < 1.29 is 14.7 Å². The number of hydrogen-bond donors (Lipinski definition) is 2. The molecule has 0 aliphatic carbocycles. The Kier molecular flexibility index (Phi) is 12.3. The van der Waals surface area contributed by atoms with Crippen LogP contribution >= 0.6 is 23.2 Å². The first-order chi connectivity index (χ1) is 15.6. The Hall–Kier alpha value is -2.27. The van der Waals surface area contributed by atoms with Crippen LogP contribution in [-0.4, -0.2) is 43.6 Å². The number of nitrogens with one attached hydrogen (secondary N) is 1. The molecule has 0 aromatic heterocycles. The Labute approximate surface area is 207 Å². The minimum atomic E-state index is -0.355. The average molecular weight is 494 g/mol. The molecular weight excluding hydrogens is 461 g/mol. The van der Waals surface area contributed by atoms with Crippen molar-refractivity contribution in [2.24, 2.45) is 0 Å². The average Bonchev–Trinajstić information content (AvgIpc) is 2.81. The van der Waals surface area contributed by atoms with Crippen LogP contribution in [0.15, 0.2) is 48.6 Å². The highest BCUT2D eigenvalue weighted by Crippen LogP contribution is 2.38. The Balaban J connectivity index is 0.000000981. The number of hydroxylamine groups is 1. The van der Waals surface area contributed by atoms with E-state index in [2.05, 4.69) is 38.8 Å². The van der Waals surface area contributed by atoms with Gasteiger partial charge in [-0.05, 0) is 47.4 Å². The zero-order valence-electron chi connectivity index (χ0n) is 19.9. The fourth-order valence-electron chi connectivity index (χ4n) is 2.75. The number of hydrogen-bond acceptors (Lipinski definition) is 6. The van der Waals surface area contributed by atoms with Crippen LogP contribution in [-0.2, 0) is 5.41 Å². The van der Waals surface area contributed by atoms with Crippen molar-refractivity contribution >= 4 is 23.2 Å². The normalized spacial score (nSPS) is 10.8. The molecule has 0 heterocycles. The van der Waals surface area contributed by atoms with Crippen LogP contribution in [0.25, 0.3) is 0 Å². The molecule has 2 rings (SSSR count). The first-order valence-electron chi connectivity index (χ1n) is 10.5. The van der Waals surface area contributed by atoms with Gasteiger partial charge >= 0.3 is 0 Å². The molecule has 0 aliphatic heterocycles. The highest BCUT2D eigenvalue weighted by molar-refractivity contribution is 6.32. The molecule has 33 heavy (non-hydrogen) atoms. The van der Waals surface area contributed by atoms with Gasteiger partial charge in [0.1, 0.15) is 25.0 Å². The third-order valence-electron chi connectivity index (χ3n) is 5.05. The maximum Gasteiger partial charge on any atom is 0.155 e. The van der Waals surface area contributed by atoms with Gasteiger partial charge in [0.2, 0.25) is 0 Å². The summed E-state index contributed by atoms with van der Waals surface area (Å²) in [7, 11) is 3.12. The highest BCUT2D eigenvalue weighted by atomic mass is 35.5. The predicted octanol–water partition coefficient (Wildman–Crippen LogP) is 5.94. The number of halogens is 2. The van der Waals surface area contributed by atoms with Gasteiger partial charge < -0.3 is 9.47 Å². The van der Waals surface area contributed by atoms with Gasteiger partial charge in [-0.1, -0.05) is 51.1 Å². The molecule has 0 unspecified atom stereocenters. The van der Waals surface area contributed by atoms with Crippen molar-refractivity contribution in [1.29, 1.82) is 5.26 Å². The second-order valence-corrected chi connectivity index (χ2v) is 8.56. The topological polar surface area (TPSA) is 77.8 Å². The summed E-state index contributed by atoms with van der Waals surface area (Å²) in [6, 6.07) is 13.8. The van der Waals surface area contributed by atoms with Crippen LogP contribution in [0.2, 0.25) is 5.02 Å². The molecule has 0 spiro atoms. The highest BCUT2D eigenvalue weighted by Gasteiger charge is 2.26. The number of hydrazine groups is 1. The molecule has 0 bridgehead atoms. The van der Waals surface area contributed by atoms with Crippen molar-refractivity contribution in [3.05, 3.63) is 70.3 Å². The number of benzene rings is 2. The molecule has 0 fully saturated rings. The summed E-state index contributed by atoms with van der Waals surface area (Å²) < 4.78 is 11.3. The zero-order valence-corrected chi connectivity index (χ0v) is 21.4. The molecule has 0 amide bonds. The van der Waals surface area contributed by atoms with Crippen molar-refractivity contribution in [1.82, 2.24) is 10.6 Å². The lowest BCUT2D eigenvalue weighted by molar-refractivity contribution is -0.105. The summed E-state index contributed by atoms with van der Waals surface area (Å²) >= 11 is 12.1. The van der Waals surface area contributed by atoms with Crippen molar-refractivity contribution in [3.63, 3.8) is 0 Å². The molecule has 2 aromatic rings. The third-order valence-corrected chi connectivity index (χ3v) is 5.49. The largest absolute Gasteiger partial charge is 0.489 e. The lowest BCUT2D eigenvalue weighted by Crippen LogP contribution is -2.26. The summed E-state index contributed by atoms with van der Waals surface area (Å²) in [5, 5.41) is 18.9. The SMILES string of the molecule is C=C(CC)COc1ccc(C(C)(C)c2cc(Cl)c(OCCCl)c(C#N)c2)cc1.CNN(C)O. The van der Waals surface area contributed by atoms with Gasteiger partial charge in [0.25, 0.3) is 0 Å². The summed E-state index contributed by atoms with van der Waals surface area (Å²) in [5.74, 6) is 1.51. The lowest BCUT2D eigenvalue weighted by atomic mass is 9.77. The quantitative estimate of drug-likeness (QED) is 0.242. The Morgan fingerprint density at radius 3 is 2.30 bits per heavy atom. The van der Waals surface area contributed by atoms with Gasteiger partial charge in [-0.15, -0.1) is 16.8 Å². The van der Waals surface area contributed by atoms with E-state index in [9.17, 15) is 5.26 Å². The van der Waals surface area contributed by atoms with E-state index in [-0.39, 0.29) is 5.41 Å². The number of nitriles is 1. The molecule has 8 heteroatoms. The van der Waals surface area contributed by atoms with E-state index < -0.39 is 0 Å². The molecule has 0 saturated carbocycles. The first-order valence-corrected chi connectivity index (χ1v) is 11.4. The number of nitrogens with zero attached hydrogens (tertiary/aromatic N) is 2. The van der Waals surface area contributed by atoms with Crippen LogP contribution in [0.3, 0.4) is 0 Å². The van der Waals surface area contributed by atoms with E-state index in [0.717, 1.165) is 34.0 Å². The molecule has 0 atom stereocenters. The molecule has 2 aromatic carbocycles. The molecule has 0 aliphatic rings. The Morgan fingerprint density at radius 1 is 1.21 bits per heavy atom. The summed E-state index contributed by atoms with van der Waals surface area (Å²) in [4.78, 5) is 0. The predicted molar refractivity (Wildman–Crippen MR) is 134 cm³/mol. The second kappa shape index (κ2) is 14.1. The number of rotatable bonds is 10. The maximum absolute atomic E-state index is 9.52. The smallest absolute Gasteiger partial charge is 0.155 e. The van der Waals surface area contributed by atoms with Gasteiger partial charge in [-0.25, -0.2) is 5.43 Å². The fraction of sp³-hybridized carbons (Fsp3) is 0.400. The minimum Gasteiger partial charge on any atom is -0.489 e. The van der Waals surface area contributed by atoms with E-state index in [1.807, 2.05) is 36.4 Å². The summed E-state index contributed by atoms with van der Waals surface area (Å²) in [6.45, 7) is 11.0. The summed E-state index contributed by atoms with van der Waals surface area (Å²) in [5.41, 5.74) is 5.54. The van der Waals surface area contributed by atoms with Gasteiger partial charge in [0.05, 0.1) is 16.5 Å². The summed E-state index contributed by atoms with van der Waals surface area (Å²) in [6.07, 6.45) is 0.900. The second-order valence-electron chi connectivity index (χ2n) is 7.77. The molecular formula is C25H33Cl2N3O3. The van der Waals surface area contributed by atoms with Gasteiger partial charge in [0, 0.05) is 19.5 Å². The van der Waals surface area contributed by atoms with E-state index >= 15 is 0 Å². The molecule has 0 saturated heterocycles. The van der Waals surface area contributed by atoms with Crippen LogP contribution in [0, 0.1) is 11.3 Å². The Morgan fingerprint density at radius 2 is 1.82 bits per heavy atom. The number of alkyl halides is 1. The first kappa shape index (κ1) is 28.8. The maximum atomic E-state index is 9.52. The third kappa shape index (κ3) is 8.88. The molecule has 6 nitrogen and oxygen atoms in total. The minimum absolute atomic E-state index is 0.296. The van der Waals surface area contributed by atoms with Crippen molar-refractivity contribution in [2.75, 3.05) is 33.2 Å². The van der Waals surface area contributed by atoms with Gasteiger partial charge in [0.15, 0.2) is 5.75 Å². The van der Waals surface area contributed by atoms with Gasteiger partial charge in [-0.2, -0.15) is 5.26 Å². The van der Waals surface area contributed by atoms with Crippen molar-refractivity contribution in [2.45, 2.75) is 32.6 Å². The molecule has 0 radical (unpaired) electrons. The lowest BCUT2D eigenvalue weighted by Gasteiger charge is -2.27. The van der Waals surface area contributed by atoms with E-state index in [1.165, 1.54) is 7.05 Å². The zero-order chi connectivity index (χ0) is 25.0. The molecule has 180 valence electrons. The van der Waals surface area contributed by atoms with Crippen LogP contribution < -0.4 is 14.9 Å². The van der Waals surface area contributed by atoms with E-state index in [1.54, 1.807) is 7.05 Å². The standard InChI is InChI=1S/C23H25Cl2NO2.C2H8N2O/c1-5-16(2)15-28-20-8-6-18(7-9-20)23(3,4)19-12-17(14-26)22(21(25)13-19)27-11-10-24;1-3-4(2)5/h6-9,12-13H,2,5,10-11,15H2,1,3-4H3;3,5H,1-2H3. The van der Waals surface area contributed by atoms with Crippen molar-refractivity contribution in [3.8, 4) is 17.6 Å². The van der Waals surface area contributed by atoms with Crippen LogP contribution in [0.5, 0.6) is 11.5 Å². The van der Waals surface area contributed by atoms with Gasteiger partial charge in [-0.3, -0.25) is 5.21 Å². The van der Waals surface area contributed by atoms with E-state index in [4.69, 9.17) is 37.9 Å². The Bertz CT molecular complexity index is 939. The van der Waals surface area contributed by atoms with Crippen LogP contribution in [0.4, 0.5) is 0 Å². The van der Waals surface area contributed by atoms with Crippen LogP contribution in [0.1, 0.15) is 43.9 Å². The molecule has 2 N–H and O–H groups in total. The van der Waals surface area contributed by atoms with E-state index in [0.29, 0.717) is 35.4 Å². The number of ether oxygens (including phenoxy) is 2. The monoisotopic (exact) mass is 493 g/mol.